The van der Waals surface area contributed by atoms with Gasteiger partial charge in [0.2, 0.25) is 5.91 Å². The fourth-order valence-corrected chi connectivity index (χ4v) is 2.01. The summed E-state index contributed by atoms with van der Waals surface area (Å²) >= 11 is 0. The number of nitrogens with one attached hydrogen (secondary N) is 2. The molecule has 7 nitrogen and oxygen atoms in total. The van der Waals surface area contributed by atoms with Gasteiger partial charge in [-0.2, -0.15) is 5.10 Å². The number of halogens is 2. The molecular formula is C15H21Cl2N5O2. The van der Waals surface area contributed by atoms with Crippen molar-refractivity contribution in [2.45, 2.75) is 6.42 Å². The number of amides is 2. The summed E-state index contributed by atoms with van der Waals surface area (Å²) in [6.07, 6.45) is 3.62. The summed E-state index contributed by atoms with van der Waals surface area (Å²) in [6.45, 7) is 0.748. The van der Waals surface area contributed by atoms with Crippen LogP contribution in [0.5, 0.6) is 0 Å². The van der Waals surface area contributed by atoms with E-state index in [2.05, 4.69) is 15.7 Å². The van der Waals surface area contributed by atoms with Crippen LogP contribution in [0.15, 0.2) is 36.7 Å². The van der Waals surface area contributed by atoms with E-state index in [0.717, 1.165) is 5.56 Å². The van der Waals surface area contributed by atoms with Gasteiger partial charge < -0.3 is 16.4 Å². The Morgan fingerprint density at radius 3 is 2.58 bits per heavy atom. The number of carbonyl (C=O) groups excluding carboxylic acids is 2. The molecule has 9 heteroatoms. The maximum Gasteiger partial charge on any atom is 0.253 e. The third-order valence-corrected chi connectivity index (χ3v) is 3.00. The molecule has 0 fully saturated rings. The van der Waals surface area contributed by atoms with Gasteiger partial charge in [-0.15, -0.1) is 24.8 Å². The van der Waals surface area contributed by atoms with E-state index in [4.69, 9.17) is 5.73 Å². The highest BCUT2D eigenvalue weighted by Gasteiger charge is 2.13. The first-order chi connectivity index (χ1) is 10.6. The predicted molar refractivity (Wildman–Crippen MR) is 97.9 cm³/mol. The van der Waals surface area contributed by atoms with E-state index >= 15 is 0 Å². The number of rotatable bonds is 6. The SMILES string of the molecule is Cl.Cl.Cn1cc(CC(=O)Nc2ccccc2C(=O)NCCN)cn1. The Labute approximate surface area is 152 Å². The number of benzene rings is 1. The third kappa shape index (κ3) is 6.19. The molecular weight excluding hydrogens is 353 g/mol. The van der Waals surface area contributed by atoms with Crippen molar-refractivity contribution in [1.82, 2.24) is 15.1 Å². The van der Waals surface area contributed by atoms with Crippen molar-refractivity contribution in [3.05, 3.63) is 47.8 Å². The fourth-order valence-electron chi connectivity index (χ4n) is 2.01. The van der Waals surface area contributed by atoms with Crippen molar-refractivity contribution in [1.29, 1.82) is 0 Å². The lowest BCUT2D eigenvalue weighted by molar-refractivity contribution is -0.115. The molecule has 0 aliphatic heterocycles. The molecule has 0 saturated carbocycles. The molecule has 24 heavy (non-hydrogen) atoms. The highest BCUT2D eigenvalue weighted by Crippen LogP contribution is 2.15. The van der Waals surface area contributed by atoms with Crippen LogP contribution in [0.3, 0.4) is 0 Å². The van der Waals surface area contributed by atoms with Crippen LogP contribution < -0.4 is 16.4 Å². The van der Waals surface area contributed by atoms with E-state index < -0.39 is 0 Å². The van der Waals surface area contributed by atoms with Gasteiger partial charge in [0, 0.05) is 26.3 Å². The molecule has 0 atom stereocenters. The van der Waals surface area contributed by atoms with Crippen LogP contribution >= 0.6 is 24.8 Å². The largest absolute Gasteiger partial charge is 0.351 e. The molecule has 1 aromatic heterocycles. The smallest absolute Gasteiger partial charge is 0.253 e. The molecule has 0 saturated heterocycles. The van der Waals surface area contributed by atoms with E-state index in [1.54, 1.807) is 48.4 Å². The summed E-state index contributed by atoms with van der Waals surface area (Å²) in [6, 6.07) is 6.86. The van der Waals surface area contributed by atoms with Crippen molar-refractivity contribution in [3.63, 3.8) is 0 Å². The molecule has 1 heterocycles. The topological polar surface area (TPSA) is 102 Å². The quantitative estimate of drug-likeness (QED) is 0.706. The van der Waals surface area contributed by atoms with Crippen LogP contribution in [-0.4, -0.2) is 34.7 Å². The summed E-state index contributed by atoms with van der Waals surface area (Å²) in [7, 11) is 1.79. The summed E-state index contributed by atoms with van der Waals surface area (Å²) in [5.41, 5.74) is 7.07. The zero-order valence-corrected chi connectivity index (χ0v) is 14.8. The molecule has 4 N–H and O–H groups in total. The average Bonchev–Trinajstić information content (AvgIpc) is 2.90. The number of nitrogens with two attached hydrogens (primary N) is 1. The number of hydrogen-bond donors (Lipinski definition) is 3. The normalized spacial score (nSPS) is 9.42. The zero-order valence-electron chi connectivity index (χ0n) is 13.2. The van der Waals surface area contributed by atoms with Gasteiger partial charge in [-0.25, -0.2) is 0 Å². The lowest BCUT2D eigenvalue weighted by Gasteiger charge is -2.10. The second-order valence-corrected chi connectivity index (χ2v) is 4.84. The van der Waals surface area contributed by atoms with Crippen LogP contribution in [-0.2, 0) is 18.3 Å². The maximum absolute atomic E-state index is 12.1. The number of nitrogens with zero attached hydrogens (tertiary/aromatic N) is 2. The Kier molecular flexibility index (Phi) is 9.71. The molecule has 2 aromatic rings. The van der Waals surface area contributed by atoms with Crippen molar-refractivity contribution >= 4 is 42.3 Å². The van der Waals surface area contributed by atoms with Crippen LogP contribution in [0.1, 0.15) is 15.9 Å². The highest BCUT2D eigenvalue weighted by molar-refractivity contribution is 6.04. The molecule has 0 aliphatic carbocycles. The molecule has 0 unspecified atom stereocenters. The number of anilines is 1. The van der Waals surface area contributed by atoms with Crippen molar-refractivity contribution in [2.75, 3.05) is 18.4 Å². The molecule has 0 radical (unpaired) electrons. The van der Waals surface area contributed by atoms with Crippen LogP contribution in [0.4, 0.5) is 5.69 Å². The predicted octanol–water partition coefficient (Wildman–Crippen LogP) is 1.13. The fraction of sp³-hybridized carbons (Fsp3) is 0.267. The third-order valence-electron chi connectivity index (χ3n) is 3.00. The van der Waals surface area contributed by atoms with Crippen LogP contribution in [0, 0.1) is 0 Å². The van der Waals surface area contributed by atoms with E-state index in [-0.39, 0.29) is 43.0 Å². The minimum atomic E-state index is -0.261. The lowest BCUT2D eigenvalue weighted by Crippen LogP contribution is -2.30. The van der Waals surface area contributed by atoms with Gasteiger partial charge >= 0.3 is 0 Å². The molecule has 2 rings (SSSR count). The van der Waals surface area contributed by atoms with E-state index in [0.29, 0.717) is 24.3 Å². The summed E-state index contributed by atoms with van der Waals surface area (Å²) < 4.78 is 1.64. The first-order valence-corrected chi connectivity index (χ1v) is 6.95. The number of carbonyl (C=O) groups is 2. The maximum atomic E-state index is 12.1. The average molecular weight is 374 g/mol. The Balaban J connectivity index is 0.00000264. The zero-order chi connectivity index (χ0) is 15.9. The van der Waals surface area contributed by atoms with Gasteiger partial charge in [0.1, 0.15) is 0 Å². The summed E-state index contributed by atoms with van der Waals surface area (Å²) in [5.74, 6) is -0.463. The van der Waals surface area contributed by atoms with Gasteiger partial charge in [0.05, 0.1) is 23.9 Å². The van der Waals surface area contributed by atoms with Gasteiger partial charge in [-0.1, -0.05) is 12.1 Å². The van der Waals surface area contributed by atoms with E-state index in [1.165, 1.54) is 0 Å². The molecule has 0 aliphatic rings. The van der Waals surface area contributed by atoms with Crippen molar-refractivity contribution < 1.29 is 9.59 Å². The molecule has 0 spiro atoms. The van der Waals surface area contributed by atoms with E-state index in [1.807, 2.05) is 0 Å². The molecule has 132 valence electrons. The number of hydrogen-bond acceptors (Lipinski definition) is 4. The van der Waals surface area contributed by atoms with Crippen LogP contribution in [0.25, 0.3) is 0 Å². The molecule has 2 amide bonds. The lowest BCUT2D eigenvalue weighted by atomic mass is 10.1. The van der Waals surface area contributed by atoms with Crippen LogP contribution in [0.2, 0.25) is 0 Å². The van der Waals surface area contributed by atoms with Gasteiger partial charge in [-0.05, 0) is 17.7 Å². The van der Waals surface area contributed by atoms with Crippen molar-refractivity contribution in [3.8, 4) is 0 Å². The monoisotopic (exact) mass is 373 g/mol. The van der Waals surface area contributed by atoms with Crippen molar-refractivity contribution in [2.24, 2.45) is 12.8 Å². The first kappa shape index (κ1) is 21.9. The Hall–Kier alpha value is -2.09. The number of aromatic nitrogens is 2. The highest BCUT2D eigenvalue weighted by atomic mass is 35.5. The minimum absolute atomic E-state index is 0. The summed E-state index contributed by atoms with van der Waals surface area (Å²) in [4.78, 5) is 24.1. The second kappa shape index (κ2) is 10.6. The summed E-state index contributed by atoms with van der Waals surface area (Å²) in [5, 5.41) is 9.46. The number of aryl methyl sites for hydroxylation is 1. The number of para-hydroxylation sites is 1. The van der Waals surface area contributed by atoms with Gasteiger partial charge in [-0.3, -0.25) is 14.3 Å². The first-order valence-electron chi connectivity index (χ1n) is 6.95. The Morgan fingerprint density at radius 2 is 1.96 bits per heavy atom. The Morgan fingerprint density at radius 1 is 1.25 bits per heavy atom. The van der Waals surface area contributed by atoms with E-state index in [9.17, 15) is 9.59 Å². The Bertz CT molecular complexity index is 675. The standard InChI is InChI=1S/C15H19N5O2.2ClH/c1-20-10-11(9-18-20)8-14(21)19-13-5-3-2-4-12(13)15(22)17-7-6-16;;/h2-5,9-10H,6-8,16H2,1H3,(H,17,22)(H,19,21);2*1H. The molecule has 1 aromatic carbocycles. The minimum Gasteiger partial charge on any atom is -0.351 e. The van der Waals surface area contributed by atoms with Gasteiger partial charge in [0.15, 0.2) is 0 Å². The molecule has 0 bridgehead atoms. The second-order valence-electron chi connectivity index (χ2n) is 4.84. The van der Waals surface area contributed by atoms with Gasteiger partial charge in [0.25, 0.3) is 5.91 Å².